The minimum absolute atomic E-state index is 0.417. The summed E-state index contributed by atoms with van der Waals surface area (Å²) in [5, 5.41) is 6.73. The van der Waals surface area contributed by atoms with Crippen molar-refractivity contribution in [3.63, 3.8) is 0 Å². The van der Waals surface area contributed by atoms with E-state index in [0.717, 1.165) is 48.5 Å². The Bertz CT molecular complexity index is 408. The van der Waals surface area contributed by atoms with Gasteiger partial charge in [0, 0.05) is 19.7 Å². The van der Waals surface area contributed by atoms with Crippen LogP contribution < -0.4 is 10.6 Å². The molecule has 1 aromatic rings. The number of methoxy groups -OCH3 is 1. The average Bonchev–Trinajstić information content (AvgIpc) is 2.43. The van der Waals surface area contributed by atoms with Crippen LogP contribution in [0.15, 0.2) is 10.8 Å². The molecule has 0 atom stereocenters. The van der Waals surface area contributed by atoms with Crippen LogP contribution in [0.2, 0.25) is 0 Å². The number of hydrogen-bond donors (Lipinski definition) is 2. The topological polar surface area (TPSA) is 59.1 Å². The molecule has 0 bridgehead atoms. The molecule has 1 fully saturated rings. The Kier molecular flexibility index (Phi) is 5.39. The molecule has 0 unspecified atom stereocenters. The number of anilines is 2. The van der Waals surface area contributed by atoms with Crippen LogP contribution >= 0.6 is 15.9 Å². The van der Waals surface area contributed by atoms with Gasteiger partial charge in [0.05, 0.1) is 12.3 Å². The highest BCUT2D eigenvalue weighted by Crippen LogP contribution is 2.26. The Labute approximate surface area is 122 Å². The molecule has 0 aliphatic heterocycles. The highest BCUT2D eigenvalue weighted by Gasteiger charge is 2.22. The Morgan fingerprint density at radius 1 is 1.32 bits per heavy atom. The van der Waals surface area contributed by atoms with Gasteiger partial charge in [-0.05, 0) is 48.5 Å². The van der Waals surface area contributed by atoms with Crippen molar-refractivity contribution in [2.45, 2.75) is 44.8 Å². The first kappa shape index (κ1) is 14.5. The number of aromatic nitrogens is 2. The maximum absolute atomic E-state index is 5.40. The van der Waals surface area contributed by atoms with E-state index in [4.69, 9.17) is 4.74 Å². The molecule has 0 amide bonds. The third-order valence-corrected chi connectivity index (χ3v) is 3.82. The van der Waals surface area contributed by atoms with Gasteiger partial charge < -0.3 is 15.4 Å². The van der Waals surface area contributed by atoms with Gasteiger partial charge in [-0.15, -0.1) is 0 Å². The van der Waals surface area contributed by atoms with Gasteiger partial charge in [0.25, 0.3) is 0 Å². The van der Waals surface area contributed by atoms with Crippen LogP contribution in [0.4, 0.5) is 11.6 Å². The molecule has 6 heteroatoms. The zero-order valence-electron chi connectivity index (χ0n) is 11.4. The minimum Gasteiger partial charge on any atom is -0.381 e. The molecular weight excluding hydrogens is 308 g/mol. The molecule has 5 nitrogen and oxygen atoms in total. The fraction of sp³-hybridized carbons (Fsp3) is 0.692. The van der Waals surface area contributed by atoms with Crippen LogP contribution in [0.25, 0.3) is 0 Å². The fourth-order valence-corrected chi connectivity index (χ4v) is 2.68. The van der Waals surface area contributed by atoms with Gasteiger partial charge in [-0.3, -0.25) is 0 Å². The minimum atomic E-state index is 0.417. The fourth-order valence-electron chi connectivity index (χ4n) is 2.40. The molecule has 0 radical (unpaired) electrons. The van der Waals surface area contributed by atoms with E-state index in [9.17, 15) is 0 Å². The van der Waals surface area contributed by atoms with Crippen molar-refractivity contribution in [3.05, 3.63) is 10.8 Å². The molecule has 0 aromatic carbocycles. The molecule has 1 aromatic heterocycles. The Morgan fingerprint density at radius 2 is 2.05 bits per heavy atom. The van der Waals surface area contributed by atoms with Crippen molar-refractivity contribution >= 4 is 27.6 Å². The quantitative estimate of drug-likeness (QED) is 0.869. The number of hydrogen-bond acceptors (Lipinski definition) is 5. The van der Waals surface area contributed by atoms with Crippen LogP contribution in [-0.4, -0.2) is 35.8 Å². The number of nitrogens with zero attached hydrogens (tertiary/aromatic N) is 2. The summed E-state index contributed by atoms with van der Waals surface area (Å²) in [4.78, 5) is 8.83. The predicted molar refractivity (Wildman–Crippen MR) is 80.6 cm³/mol. The maximum atomic E-state index is 5.40. The average molecular weight is 329 g/mol. The maximum Gasteiger partial charge on any atom is 0.170 e. The van der Waals surface area contributed by atoms with Crippen LogP contribution in [-0.2, 0) is 4.74 Å². The summed E-state index contributed by atoms with van der Waals surface area (Å²) in [5.41, 5.74) is 0. The standard InChI is InChI=1S/C13H21BrN4O/c1-3-15-12-13(18-11(14)8-16-12)17-9-4-6-10(19-2)7-5-9/h8-10H,3-7H2,1-2H3,(H,15,16)(H,17,18). The van der Waals surface area contributed by atoms with Crippen LogP contribution in [0, 0.1) is 0 Å². The van der Waals surface area contributed by atoms with Crippen molar-refractivity contribution in [2.75, 3.05) is 24.3 Å². The lowest BCUT2D eigenvalue weighted by Crippen LogP contribution is -2.30. The molecule has 1 saturated carbocycles. The monoisotopic (exact) mass is 328 g/mol. The van der Waals surface area contributed by atoms with Gasteiger partial charge >= 0.3 is 0 Å². The van der Waals surface area contributed by atoms with E-state index in [1.54, 1.807) is 13.3 Å². The van der Waals surface area contributed by atoms with E-state index in [-0.39, 0.29) is 0 Å². The number of ether oxygens (including phenoxy) is 1. The van der Waals surface area contributed by atoms with E-state index in [2.05, 4.69) is 43.5 Å². The lowest BCUT2D eigenvalue weighted by Gasteiger charge is -2.29. The molecule has 19 heavy (non-hydrogen) atoms. The predicted octanol–water partition coefficient (Wildman–Crippen LogP) is 3.04. The summed E-state index contributed by atoms with van der Waals surface area (Å²) in [7, 11) is 1.79. The Morgan fingerprint density at radius 3 is 2.68 bits per heavy atom. The van der Waals surface area contributed by atoms with Crippen LogP contribution in [0.5, 0.6) is 0 Å². The summed E-state index contributed by atoms with van der Waals surface area (Å²) >= 11 is 3.37. The second-order valence-corrected chi connectivity index (χ2v) is 5.59. The van der Waals surface area contributed by atoms with E-state index >= 15 is 0 Å². The number of rotatable bonds is 5. The summed E-state index contributed by atoms with van der Waals surface area (Å²) in [6, 6.07) is 0.451. The van der Waals surface area contributed by atoms with Gasteiger partial charge in [-0.25, -0.2) is 9.97 Å². The largest absolute Gasteiger partial charge is 0.381 e. The SMILES string of the molecule is CCNc1ncc(Br)nc1NC1CCC(OC)CC1. The molecule has 2 rings (SSSR count). The lowest BCUT2D eigenvalue weighted by atomic mass is 9.93. The van der Waals surface area contributed by atoms with Gasteiger partial charge in [0.2, 0.25) is 0 Å². The molecule has 1 aliphatic carbocycles. The molecule has 0 saturated heterocycles. The van der Waals surface area contributed by atoms with Crippen molar-refractivity contribution in [2.24, 2.45) is 0 Å². The second-order valence-electron chi connectivity index (χ2n) is 4.77. The second kappa shape index (κ2) is 7.05. The summed E-state index contributed by atoms with van der Waals surface area (Å²) in [6.07, 6.45) is 6.56. The van der Waals surface area contributed by atoms with Crippen LogP contribution in [0.3, 0.4) is 0 Å². The van der Waals surface area contributed by atoms with Gasteiger partial charge in [0.1, 0.15) is 4.60 Å². The Hall–Kier alpha value is -0.880. The summed E-state index contributed by atoms with van der Waals surface area (Å²) in [6.45, 7) is 2.89. The van der Waals surface area contributed by atoms with Gasteiger partial charge in [0.15, 0.2) is 11.6 Å². The molecule has 1 heterocycles. The molecular formula is C13H21BrN4O. The van der Waals surface area contributed by atoms with E-state index in [1.807, 2.05) is 0 Å². The number of nitrogens with one attached hydrogen (secondary N) is 2. The van der Waals surface area contributed by atoms with Crippen molar-refractivity contribution in [1.82, 2.24) is 9.97 Å². The molecule has 106 valence electrons. The van der Waals surface area contributed by atoms with Crippen molar-refractivity contribution in [1.29, 1.82) is 0 Å². The third-order valence-electron chi connectivity index (χ3n) is 3.44. The zero-order valence-corrected chi connectivity index (χ0v) is 13.0. The van der Waals surface area contributed by atoms with Crippen LogP contribution in [0.1, 0.15) is 32.6 Å². The van der Waals surface area contributed by atoms with E-state index in [0.29, 0.717) is 12.1 Å². The highest BCUT2D eigenvalue weighted by atomic mass is 79.9. The third kappa shape index (κ3) is 4.04. The molecule has 0 spiro atoms. The smallest absolute Gasteiger partial charge is 0.170 e. The zero-order chi connectivity index (χ0) is 13.7. The van der Waals surface area contributed by atoms with E-state index < -0.39 is 0 Å². The van der Waals surface area contributed by atoms with Gasteiger partial charge in [-0.1, -0.05) is 0 Å². The van der Waals surface area contributed by atoms with Gasteiger partial charge in [-0.2, -0.15) is 0 Å². The lowest BCUT2D eigenvalue weighted by molar-refractivity contribution is 0.0681. The normalized spacial score (nSPS) is 23.1. The highest BCUT2D eigenvalue weighted by molar-refractivity contribution is 9.10. The van der Waals surface area contributed by atoms with Crippen molar-refractivity contribution in [3.8, 4) is 0 Å². The summed E-state index contributed by atoms with van der Waals surface area (Å²) in [5.74, 6) is 1.65. The number of halogens is 1. The first-order chi connectivity index (χ1) is 9.22. The van der Waals surface area contributed by atoms with E-state index in [1.165, 1.54) is 0 Å². The van der Waals surface area contributed by atoms with Crippen molar-refractivity contribution < 1.29 is 4.74 Å². The molecule has 2 N–H and O–H groups in total. The molecule has 1 aliphatic rings. The Balaban J connectivity index is 2.00. The summed E-state index contributed by atoms with van der Waals surface area (Å²) < 4.78 is 6.15. The first-order valence-corrected chi connectivity index (χ1v) is 7.58. The first-order valence-electron chi connectivity index (χ1n) is 6.78.